The lowest BCUT2D eigenvalue weighted by atomic mass is 10.3. The summed E-state index contributed by atoms with van der Waals surface area (Å²) in [6.45, 7) is 0. The van der Waals surface area contributed by atoms with Crippen molar-refractivity contribution in [2.75, 3.05) is 0 Å². The highest BCUT2D eigenvalue weighted by atomic mass is 32.2. The van der Waals surface area contributed by atoms with Crippen molar-refractivity contribution >= 4 is 9.84 Å². The topological polar surface area (TPSA) is 34.1 Å². The number of halogens is 4. The fraction of sp³-hybridized carbons (Fsp3) is 1.00. The molecule has 0 amide bonds. The molecule has 0 N–H and O–H groups in total. The Balaban J connectivity index is 3.22. The van der Waals surface area contributed by atoms with E-state index >= 15 is 0 Å². The third-order valence-electron chi connectivity index (χ3n) is 1.49. The molecule has 0 aromatic carbocycles. The highest BCUT2D eigenvalue weighted by Gasteiger charge is 2.66. The Morgan fingerprint density at radius 1 is 0.909 bits per heavy atom. The van der Waals surface area contributed by atoms with Crippen LogP contribution in [0.4, 0.5) is 17.6 Å². The lowest BCUT2D eigenvalue weighted by Crippen LogP contribution is -2.32. The van der Waals surface area contributed by atoms with E-state index in [-0.39, 0.29) is 0 Å². The molecule has 1 aliphatic rings. The Morgan fingerprint density at radius 3 is 1.27 bits per heavy atom. The van der Waals surface area contributed by atoms with Crippen LogP contribution in [0.25, 0.3) is 0 Å². The Labute approximate surface area is 60.1 Å². The summed E-state index contributed by atoms with van der Waals surface area (Å²) in [5.41, 5.74) is 0. The van der Waals surface area contributed by atoms with E-state index in [1.165, 1.54) is 0 Å². The minimum absolute atomic E-state index is 1.29. The van der Waals surface area contributed by atoms with Crippen LogP contribution in [0.1, 0.15) is 12.8 Å². The molecule has 0 spiro atoms. The van der Waals surface area contributed by atoms with Crippen LogP contribution in [0.15, 0.2) is 0 Å². The van der Waals surface area contributed by atoms with Gasteiger partial charge in [-0.3, -0.25) is 0 Å². The van der Waals surface area contributed by atoms with Crippen molar-refractivity contribution in [1.82, 2.24) is 0 Å². The summed E-state index contributed by atoms with van der Waals surface area (Å²) in [5, 5.41) is -8.51. The third kappa shape index (κ3) is 0.935. The van der Waals surface area contributed by atoms with Crippen LogP contribution >= 0.6 is 0 Å². The molecule has 0 aromatic rings. The summed E-state index contributed by atoms with van der Waals surface area (Å²) in [6.07, 6.45) is -2.58. The van der Waals surface area contributed by atoms with Gasteiger partial charge < -0.3 is 0 Å². The van der Waals surface area contributed by atoms with Crippen molar-refractivity contribution in [3.63, 3.8) is 0 Å². The molecule has 0 bridgehead atoms. The molecule has 0 saturated carbocycles. The molecule has 2 nitrogen and oxygen atoms in total. The number of hydrogen-bond acceptors (Lipinski definition) is 2. The minimum Gasteiger partial charge on any atom is -0.216 e. The van der Waals surface area contributed by atoms with Crippen LogP contribution in [0.5, 0.6) is 0 Å². The average molecular weight is 192 g/mol. The molecule has 1 fully saturated rings. The highest BCUT2D eigenvalue weighted by Crippen LogP contribution is 2.48. The maximum absolute atomic E-state index is 12.1. The standard InChI is InChI=1S/C4H4F4O2S/c5-3(6)1-2-4(7,8)11(3,9)10/h1-2H2. The van der Waals surface area contributed by atoms with Gasteiger partial charge in [0.15, 0.2) is 0 Å². The zero-order chi connectivity index (χ0) is 8.91. The summed E-state index contributed by atoms with van der Waals surface area (Å²) in [7, 11) is -5.57. The smallest absolute Gasteiger partial charge is 0.216 e. The zero-order valence-electron chi connectivity index (χ0n) is 5.15. The predicted octanol–water partition coefficient (Wildman–Crippen LogP) is 1.38. The van der Waals surface area contributed by atoms with E-state index in [9.17, 15) is 26.0 Å². The van der Waals surface area contributed by atoms with Crippen molar-refractivity contribution in [2.24, 2.45) is 0 Å². The Hall–Kier alpha value is -0.330. The fourth-order valence-corrected chi connectivity index (χ4v) is 1.96. The molecular weight excluding hydrogens is 188 g/mol. The molecular formula is C4H4F4O2S. The lowest BCUT2D eigenvalue weighted by molar-refractivity contribution is 0.0815. The van der Waals surface area contributed by atoms with Crippen LogP contribution in [0.3, 0.4) is 0 Å². The first-order chi connectivity index (χ1) is 4.71. The first kappa shape index (κ1) is 8.76. The monoisotopic (exact) mass is 192 g/mol. The Bertz CT molecular complexity index is 246. The van der Waals surface area contributed by atoms with Crippen LogP contribution in [0, 0.1) is 0 Å². The van der Waals surface area contributed by atoms with Crippen LogP contribution in [0.2, 0.25) is 0 Å². The van der Waals surface area contributed by atoms with Gasteiger partial charge in [-0.2, -0.15) is 17.6 Å². The molecule has 7 heteroatoms. The molecule has 0 aliphatic carbocycles. The van der Waals surface area contributed by atoms with E-state index in [2.05, 4.69) is 0 Å². The lowest BCUT2D eigenvalue weighted by Gasteiger charge is -2.10. The van der Waals surface area contributed by atoms with Gasteiger partial charge in [-0.05, 0) is 0 Å². The van der Waals surface area contributed by atoms with Gasteiger partial charge in [0.05, 0.1) is 0 Å². The van der Waals surface area contributed by atoms with Gasteiger partial charge in [0.25, 0.3) is 9.84 Å². The second-order valence-corrected chi connectivity index (χ2v) is 4.48. The second kappa shape index (κ2) is 1.88. The number of sulfone groups is 1. The van der Waals surface area contributed by atoms with E-state index in [0.29, 0.717) is 0 Å². The summed E-state index contributed by atoms with van der Waals surface area (Å²) in [5.74, 6) is 0. The van der Waals surface area contributed by atoms with Crippen molar-refractivity contribution in [1.29, 1.82) is 0 Å². The molecule has 11 heavy (non-hydrogen) atoms. The van der Waals surface area contributed by atoms with Gasteiger partial charge in [0, 0.05) is 12.8 Å². The van der Waals surface area contributed by atoms with E-state index in [4.69, 9.17) is 0 Å². The molecule has 1 rings (SSSR count). The Morgan fingerprint density at radius 2 is 1.18 bits per heavy atom. The first-order valence-electron chi connectivity index (χ1n) is 2.70. The molecule has 0 atom stereocenters. The molecule has 0 radical (unpaired) electrons. The molecule has 66 valence electrons. The fourth-order valence-electron chi connectivity index (χ4n) is 0.778. The highest BCUT2D eigenvalue weighted by molar-refractivity contribution is 7.93. The van der Waals surface area contributed by atoms with Gasteiger partial charge in [-0.1, -0.05) is 0 Å². The van der Waals surface area contributed by atoms with E-state index in [1.54, 1.807) is 0 Å². The zero-order valence-corrected chi connectivity index (χ0v) is 5.97. The summed E-state index contributed by atoms with van der Waals surface area (Å²) >= 11 is 0. The molecule has 1 saturated heterocycles. The second-order valence-electron chi connectivity index (χ2n) is 2.28. The SMILES string of the molecule is O=S1(=O)C(F)(F)CCC1(F)F. The number of hydrogen-bond donors (Lipinski definition) is 0. The van der Waals surface area contributed by atoms with Gasteiger partial charge in [0.1, 0.15) is 0 Å². The third-order valence-corrected chi connectivity index (χ3v) is 3.47. The van der Waals surface area contributed by atoms with Gasteiger partial charge in [0.2, 0.25) is 0 Å². The molecule has 0 aromatic heterocycles. The van der Waals surface area contributed by atoms with Crippen molar-refractivity contribution in [3.05, 3.63) is 0 Å². The molecule has 1 aliphatic heterocycles. The minimum atomic E-state index is -5.57. The number of alkyl halides is 4. The molecule has 0 unspecified atom stereocenters. The first-order valence-corrected chi connectivity index (χ1v) is 4.19. The van der Waals surface area contributed by atoms with Crippen LogP contribution in [-0.4, -0.2) is 18.9 Å². The summed E-state index contributed by atoms with van der Waals surface area (Å²) in [4.78, 5) is 0. The van der Waals surface area contributed by atoms with E-state index in [0.717, 1.165) is 0 Å². The van der Waals surface area contributed by atoms with Crippen LogP contribution in [-0.2, 0) is 9.84 Å². The predicted molar refractivity (Wildman–Crippen MR) is 28.0 cm³/mol. The van der Waals surface area contributed by atoms with E-state index in [1.807, 2.05) is 0 Å². The Kier molecular flexibility index (Phi) is 1.50. The summed E-state index contributed by atoms with van der Waals surface area (Å²) in [6, 6.07) is 0. The van der Waals surface area contributed by atoms with Crippen LogP contribution < -0.4 is 0 Å². The number of rotatable bonds is 0. The maximum atomic E-state index is 12.1. The largest absolute Gasteiger partial charge is 0.351 e. The van der Waals surface area contributed by atoms with Crippen molar-refractivity contribution in [2.45, 2.75) is 23.4 Å². The van der Waals surface area contributed by atoms with Crippen molar-refractivity contribution in [3.8, 4) is 0 Å². The average Bonchev–Trinajstić information content (AvgIpc) is 1.93. The van der Waals surface area contributed by atoms with Gasteiger partial charge >= 0.3 is 10.5 Å². The summed E-state index contributed by atoms with van der Waals surface area (Å²) < 4.78 is 69.1. The quantitative estimate of drug-likeness (QED) is 0.543. The van der Waals surface area contributed by atoms with Gasteiger partial charge in [-0.15, -0.1) is 0 Å². The van der Waals surface area contributed by atoms with E-state index < -0.39 is 33.2 Å². The van der Waals surface area contributed by atoms with Gasteiger partial charge in [-0.25, -0.2) is 8.42 Å². The molecule has 1 heterocycles. The normalized spacial score (nSPS) is 32.0. The maximum Gasteiger partial charge on any atom is 0.351 e. The van der Waals surface area contributed by atoms with Crippen molar-refractivity contribution < 1.29 is 26.0 Å².